The second-order valence-electron chi connectivity index (χ2n) is 3.25. The number of halogens is 3. The minimum absolute atomic E-state index is 0.240. The van der Waals surface area contributed by atoms with Gasteiger partial charge in [0.2, 0.25) is 0 Å². The Morgan fingerprint density at radius 2 is 2.00 bits per heavy atom. The summed E-state index contributed by atoms with van der Waals surface area (Å²) in [6, 6.07) is 5.00. The molecule has 1 N–H and O–H groups in total. The molecule has 1 rings (SSSR count). The Hall–Kier alpha value is -1.03. The van der Waals surface area contributed by atoms with Crippen LogP contribution in [0.4, 0.5) is 13.2 Å². The normalized spacial score (nSPS) is 14.1. The molecule has 1 aromatic rings. The third-order valence-corrected chi connectivity index (χ3v) is 1.79. The van der Waals surface area contributed by atoms with E-state index in [2.05, 4.69) is 0 Å². The Balaban J connectivity index is 2.90. The Bertz CT molecular complexity index is 304. The van der Waals surface area contributed by atoms with Crippen LogP contribution in [0, 0.1) is 0 Å². The molecule has 0 saturated heterocycles. The fourth-order valence-corrected chi connectivity index (χ4v) is 1.22. The van der Waals surface area contributed by atoms with E-state index in [1.54, 1.807) is 13.0 Å². The molecule has 0 radical (unpaired) electrons. The van der Waals surface area contributed by atoms with Gasteiger partial charge in [-0.2, -0.15) is 13.2 Å². The van der Waals surface area contributed by atoms with E-state index >= 15 is 0 Å². The molecule has 0 heterocycles. The van der Waals surface area contributed by atoms with Crippen molar-refractivity contribution in [3.63, 3.8) is 0 Å². The van der Waals surface area contributed by atoms with Gasteiger partial charge >= 0.3 is 6.18 Å². The third-order valence-electron chi connectivity index (χ3n) is 1.79. The van der Waals surface area contributed by atoms with Crippen LogP contribution in [0.2, 0.25) is 0 Å². The van der Waals surface area contributed by atoms with Crippen molar-refractivity contribution in [1.29, 1.82) is 0 Å². The van der Waals surface area contributed by atoms with Crippen LogP contribution in [-0.2, 0) is 12.6 Å². The summed E-state index contributed by atoms with van der Waals surface area (Å²) < 4.78 is 36.7. The lowest BCUT2D eigenvalue weighted by atomic mass is 10.1. The molecule has 0 bridgehead atoms. The van der Waals surface area contributed by atoms with Crippen molar-refractivity contribution in [3.05, 3.63) is 35.4 Å². The van der Waals surface area contributed by atoms with E-state index in [0.717, 1.165) is 12.1 Å². The zero-order chi connectivity index (χ0) is 10.8. The van der Waals surface area contributed by atoms with Crippen molar-refractivity contribution < 1.29 is 18.3 Å². The summed E-state index contributed by atoms with van der Waals surface area (Å²) in [5, 5.41) is 9.02. The highest BCUT2D eigenvalue weighted by molar-refractivity contribution is 5.25. The highest BCUT2D eigenvalue weighted by atomic mass is 19.4. The molecule has 1 aromatic carbocycles. The number of hydrogen-bond acceptors (Lipinski definition) is 1. The fraction of sp³-hybridized carbons (Fsp3) is 0.400. The van der Waals surface area contributed by atoms with Gasteiger partial charge in [0.25, 0.3) is 0 Å². The molecule has 0 unspecified atom stereocenters. The molecule has 0 fully saturated rings. The van der Waals surface area contributed by atoms with Crippen LogP contribution in [-0.4, -0.2) is 11.2 Å². The average molecular weight is 204 g/mol. The molecule has 0 aliphatic heterocycles. The van der Waals surface area contributed by atoms with Crippen molar-refractivity contribution >= 4 is 0 Å². The van der Waals surface area contributed by atoms with E-state index in [1.807, 2.05) is 0 Å². The van der Waals surface area contributed by atoms with Gasteiger partial charge in [0, 0.05) is 0 Å². The van der Waals surface area contributed by atoms with Gasteiger partial charge in [-0.1, -0.05) is 18.2 Å². The van der Waals surface area contributed by atoms with E-state index in [0.29, 0.717) is 5.56 Å². The lowest BCUT2D eigenvalue weighted by Crippen LogP contribution is -2.08. The van der Waals surface area contributed by atoms with Crippen LogP contribution in [0.15, 0.2) is 24.3 Å². The molecular weight excluding hydrogens is 193 g/mol. The predicted octanol–water partition coefficient (Wildman–Crippen LogP) is 2.63. The van der Waals surface area contributed by atoms with Crippen molar-refractivity contribution in [2.24, 2.45) is 0 Å². The Morgan fingerprint density at radius 1 is 1.36 bits per heavy atom. The van der Waals surface area contributed by atoms with Gasteiger partial charge < -0.3 is 5.11 Å². The van der Waals surface area contributed by atoms with E-state index in [4.69, 9.17) is 5.11 Å². The summed E-state index contributed by atoms with van der Waals surface area (Å²) in [7, 11) is 0. The van der Waals surface area contributed by atoms with Crippen molar-refractivity contribution in [2.75, 3.05) is 0 Å². The maximum Gasteiger partial charge on any atom is 0.416 e. The third kappa shape index (κ3) is 3.03. The zero-order valence-electron chi connectivity index (χ0n) is 7.67. The van der Waals surface area contributed by atoms with Gasteiger partial charge in [-0.05, 0) is 25.0 Å². The Kier molecular flexibility index (Phi) is 3.16. The van der Waals surface area contributed by atoms with E-state index in [9.17, 15) is 13.2 Å². The maximum atomic E-state index is 12.2. The van der Waals surface area contributed by atoms with Gasteiger partial charge in [-0.3, -0.25) is 0 Å². The molecule has 78 valence electrons. The summed E-state index contributed by atoms with van der Waals surface area (Å²) >= 11 is 0. The van der Waals surface area contributed by atoms with Crippen LogP contribution in [0.25, 0.3) is 0 Å². The van der Waals surface area contributed by atoms with Gasteiger partial charge in [0.1, 0.15) is 0 Å². The van der Waals surface area contributed by atoms with Crippen molar-refractivity contribution in [1.82, 2.24) is 0 Å². The van der Waals surface area contributed by atoms with Gasteiger partial charge in [-0.25, -0.2) is 0 Å². The molecule has 0 aromatic heterocycles. The first-order valence-electron chi connectivity index (χ1n) is 4.24. The molecule has 4 heteroatoms. The van der Waals surface area contributed by atoms with E-state index in [-0.39, 0.29) is 6.42 Å². The standard InChI is InChI=1S/C10H11F3O/c1-7(14)5-8-3-2-4-9(6-8)10(11,12)13/h2-4,6-7,14H,5H2,1H3/t7-/m1/s1. The fourth-order valence-electron chi connectivity index (χ4n) is 1.22. The molecule has 1 atom stereocenters. The first kappa shape index (κ1) is 11.0. The summed E-state index contributed by atoms with van der Waals surface area (Å²) in [5.41, 5.74) is -0.175. The smallest absolute Gasteiger partial charge is 0.393 e. The summed E-state index contributed by atoms with van der Waals surface area (Å²) in [6.45, 7) is 1.54. The van der Waals surface area contributed by atoms with E-state index in [1.165, 1.54) is 6.07 Å². The largest absolute Gasteiger partial charge is 0.416 e. The lowest BCUT2D eigenvalue weighted by molar-refractivity contribution is -0.137. The van der Waals surface area contributed by atoms with Crippen LogP contribution in [0.1, 0.15) is 18.1 Å². The average Bonchev–Trinajstić information content (AvgIpc) is 2.01. The Morgan fingerprint density at radius 3 is 2.50 bits per heavy atom. The second-order valence-corrected chi connectivity index (χ2v) is 3.25. The van der Waals surface area contributed by atoms with Crippen molar-refractivity contribution in [3.8, 4) is 0 Å². The van der Waals surface area contributed by atoms with Gasteiger partial charge in [0.15, 0.2) is 0 Å². The molecular formula is C10H11F3O. The van der Waals surface area contributed by atoms with Crippen LogP contribution < -0.4 is 0 Å². The van der Waals surface area contributed by atoms with Gasteiger partial charge in [-0.15, -0.1) is 0 Å². The number of alkyl halides is 3. The van der Waals surface area contributed by atoms with Crippen molar-refractivity contribution in [2.45, 2.75) is 25.6 Å². The molecule has 1 nitrogen and oxygen atoms in total. The molecule has 0 spiro atoms. The first-order valence-corrected chi connectivity index (χ1v) is 4.24. The topological polar surface area (TPSA) is 20.2 Å². The number of aliphatic hydroxyl groups is 1. The SMILES string of the molecule is C[C@@H](O)Cc1cccc(C(F)(F)F)c1. The highest BCUT2D eigenvalue weighted by Gasteiger charge is 2.30. The molecule has 14 heavy (non-hydrogen) atoms. The molecule has 0 saturated carbocycles. The minimum atomic E-state index is -4.31. The first-order chi connectivity index (χ1) is 6.39. The summed E-state index contributed by atoms with van der Waals surface area (Å²) in [5.74, 6) is 0. The number of rotatable bonds is 2. The molecule has 0 aliphatic carbocycles. The summed E-state index contributed by atoms with van der Waals surface area (Å²) in [4.78, 5) is 0. The maximum absolute atomic E-state index is 12.2. The van der Waals surface area contributed by atoms with E-state index < -0.39 is 17.8 Å². The highest BCUT2D eigenvalue weighted by Crippen LogP contribution is 2.29. The predicted molar refractivity (Wildman–Crippen MR) is 46.8 cm³/mol. The lowest BCUT2D eigenvalue weighted by Gasteiger charge is -2.09. The second kappa shape index (κ2) is 4.00. The van der Waals surface area contributed by atoms with Gasteiger partial charge in [0.05, 0.1) is 11.7 Å². The Labute approximate surface area is 80.2 Å². The number of benzene rings is 1. The quantitative estimate of drug-likeness (QED) is 0.785. The van der Waals surface area contributed by atoms with Crippen LogP contribution >= 0.6 is 0 Å². The zero-order valence-corrected chi connectivity index (χ0v) is 7.67. The number of aliphatic hydroxyl groups excluding tert-OH is 1. The molecule has 0 amide bonds. The summed E-state index contributed by atoms with van der Waals surface area (Å²) in [6.07, 6.45) is -4.70. The minimum Gasteiger partial charge on any atom is -0.393 e. The number of hydrogen-bond donors (Lipinski definition) is 1. The monoisotopic (exact) mass is 204 g/mol. The van der Waals surface area contributed by atoms with Crippen LogP contribution in [0.3, 0.4) is 0 Å². The molecule has 0 aliphatic rings. The van der Waals surface area contributed by atoms with Crippen LogP contribution in [0.5, 0.6) is 0 Å².